The highest BCUT2D eigenvalue weighted by molar-refractivity contribution is 5.85. The van der Waals surface area contributed by atoms with Crippen LogP contribution in [0.15, 0.2) is 0 Å². The van der Waals surface area contributed by atoms with Crippen molar-refractivity contribution >= 4 is 11.8 Å². The standard InChI is InChI=1S/C12H23N3O2/c1-9-7-10(5-6-13-9)12(17)15(4)8-11(16)14(2)3/h9-10,13H,5-8H2,1-4H3. The van der Waals surface area contributed by atoms with Crippen LogP contribution in [0.4, 0.5) is 0 Å². The van der Waals surface area contributed by atoms with Gasteiger partial charge in [0.2, 0.25) is 11.8 Å². The summed E-state index contributed by atoms with van der Waals surface area (Å²) in [7, 11) is 5.11. The third kappa shape index (κ3) is 4.00. The van der Waals surface area contributed by atoms with Crippen LogP contribution in [0.2, 0.25) is 0 Å². The molecule has 17 heavy (non-hydrogen) atoms. The molecule has 0 aromatic heterocycles. The number of rotatable bonds is 3. The predicted molar refractivity (Wildman–Crippen MR) is 66.5 cm³/mol. The molecule has 1 fully saturated rings. The van der Waals surface area contributed by atoms with E-state index in [0.29, 0.717) is 6.04 Å². The van der Waals surface area contributed by atoms with Crippen molar-refractivity contribution < 1.29 is 9.59 Å². The van der Waals surface area contributed by atoms with Crippen LogP contribution in [0.25, 0.3) is 0 Å². The van der Waals surface area contributed by atoms with E-state index in [9.17, 15) is 9.59 Å². The van der Waals surface area contributed by atoms with Crippen molar-refractivity contribution in [2.24, 2.45) is 5.92 Å². The molecule has 1 aliphatic heterocycles. The van der Waals surface area contributed by atoms with Gasteiger partial charge in [0.15, 0.2) is 0 Å². The van der Waals surface area contributed by atoms with Crippen LogP contribution in [0.5, 0.6) is 0 Å². The van der Waals surface area contributed by atoms with Crippen molar-refractivity contribution in [2.75, 3.05) is 34.2 Å². The van der Waals surface area contributed by atoms with Crippen LogP contribution >= 0.6 is 0 Å². The van der Waals surface area contributed by atoms with Gasteiger partial charge in [-0.2, -0.15) is 0 Å². The second kappa shape index (κ2) is 6.00. The lowest BCUT2D eigenvalue weighted by Gasteiger charge is -2.30. The fraction of sp³-hybridized carbons (Fsp3) is 0.833. The maximum atomic E-state index is 12.1. The number of hydrogen-bond donors (Lipinski definition) is 1. The summed E-state index contributed by atoms with van der Waals surface area (Å²) in [6, 6.07) is 0.385. The molecule has 0 aromatic carbocycles. The minimum atomic E-state index is -0.0390. The molecule has 0 spiro atoms. The van der Waals surface area contributed by atoms with Gasteiger partial charge in [0.1, 0.15) is 0 Å². The first kappa shape index (κ1) is 14.0. The van der Waals surface area contributed by atoms with Crippen molar-refractivity contribution in [1.82, 2.24) is 15.1 Å². The number of likely N-dealkylation sites (N-methyl/N-ethyl adjacent to an activating group) is 2. The summed E-state index contributed by atoms with van der Waals surface area (Å²) in [6.45, 7) is 3.14. The van der Waals surface area contributed by atoms with Gasteiger partial charge in [-0.05, 0) is 26.3 Å². The van der Waals surface area contributed by atoms with Gasteiger partial charge in [0.25, 0.3) is 0 Å². The van der Waals surface area contributed by atoms with Crippen molar-refractivity contribution in [3.05, 3.63) is 0 Å². The molecule has 1 N–H and O–H groups in total. The van der Waals surface area contributed by atoms with Gasteiger partial charge in [0.05, 0.1) is 6.54 Å². The molecule has 0 aromatic rings. The second-order valence-electron chi connectivity index (χ2n) is 5.06. The van der Waals surface area contributed by atoms with Gasteiger partial charge in [-0.3, -0.25) is 9.59 Å². The number of nitrogens with zero attached hydrogens (tertiary/aromatic N) is 2. The number of hydrogen-bond acceptors (Lipinski definition) is 3. The fourth-order valence-electron chi connectivity index (χ4n) is 2.09. The summed E-state index contributed by atoms with van der Waals surface area (Å²) in [6.07, 6.45) is 1.73. The zero-order valence-corrected chi connectivity index (χ0v) is 11.2. The maximum absolute atomic E-state index is 12.1. The molecule has 2 unspecified atom stereocenters. The van der Waals surface area contributed by atoms with E-state index in [-0.39, 0.29) is 24.3 Å². The Kier molecular flexibility index (Phi) is 4.93. The van der Waals surface area contributed by atoms with E-state index in [2.05, 4.69) is 12.2 Å². The number of carbonyl (C=O) groups is 2. The van der Waals surface area contributed by atoms with E-state index in [4.69, 9.17) is 0 Å². The zero-order chi connectivity index (χ0) is 13.0. The van der Waals surface area contributed by atoms with Crippen LogP contribution in [0.1, 0.15) is 19.8 Å². The van der Waals surface area contributed by atoms with Crippen molar-refractivity contribution in [1.29, 1.82) is 0 Å². The molecular formula is C12H23N3O2. The Morgan fingerprint density at radius 3 is 2.47 bits per heavy atom. The van der Waals surface area contributed by atoms with Gasteiger partial charge >= 0.3 is 0 Å². The quantitative estimate of drug-likeness (QED) is 0.752. The van der Waals surface area contributed by atoms with Crippen molar-refractivity contribution in [2.45, 2.75) is 25.8 Å². The number of piperidine rings is 1. The molecular weight excluding hydrogens is 218 g/mol. The SMILES string of the molecule is CC1CC(C(=O)N(C)CC(=O)N(C)C)CCN1. The average Bonchev–Trinajstić information content (AvgIpc) is 2.27. The molecule has 1 heterocycles. The van der Waals surface area contributed by atoms with Crippen LogP contribution in [0, 0.1) is 5.92 Å². The molecule has 2 atom stereocenters. The van der Waals surface area contributed by atoms with E-state index < -0.39 is 0 Å². The molecule has 1 aliphatic rings. The van der Waals surface area contributed by atoms with Crippen LogP contribution in [-0.2, 0) is 9.59 Å². The van der Waals surface area contributed by atoms with Gasteiger partial charge < -0.3 is 15.1 Å². The highest BCUT2D eigenvalue weighted by Crippen LogP contribution is 2.18. The Bertz CT molecular complexity index is 291. The monoisotopic (exact) mass is 241 g/mol. The molecule has 2 amide bonds. The molecule has 98 valence electrons. The predicted octanol–water partition coefficient (Wildman–Crippen LogP) is -0.0789. The first-order valence-electron chi connectivity index (χ1n) is 6.10. The molecule has 0 bridgehead atoms. The highest BCUT2D eigenvalue weighted by atomic mass is 16.2. The van der Waals surface area contributed by atoms with Crippen LogP contribution < -0.4 is 5.32 Å². The lowest BCUT2D eigenvalue weighted by molar-refractivity contribution is -0.141. The normalized spacial score (nSPS) is 24.2. The fourth-order valence-corrected chi connectivity index (χ4v) is 2.09. The lowest BCUT2D eigenvalue weighted by Crippen LogP contribution is -2.45. The minimum Gasteiger partial charge on any atom is -0.347 e. The zero-order valence-electron chi connectivity index (χ0n) is 11.2. The Hall–Kier alpha value is -1.10. The summed E-state index contributed by atoms with van der Waals surface area (Å²) in [5, 5.41) is 3.32. The summed E-state index contributed by atoms with van der Waals surface area (Å²) in [5.74, 6) is 0.114. The Morgan fingerprint density at radius 1 is 1.29 bits per heavy atom. The third-order valence-electron chi connectivity index (χ3n) is 3.22. The molecule has 0 radical (unpaired) electrons. The molecule has 5 nitrogen and oxygen atoms in total. The van der Waals surface area contributed by atoms with Gasteiger partial charge in [-0.15, -0.1) is 0 Å². The molecule has 0 saturated carbocycles. The maximum Gasteiger partial charge on any atom is 0.241 e. The average molecular weight is 241 g/mol. The number of nitrogens with one attached hydrogen (secondary N) is 1. The first-order valence-corrected chi connectivity index (χ1v) is 6.10. The Labute approximate surface area is 103 Å². The summed E-state index contributed by atoms with van der Waals surface area (Å²) in [5.41, 5.74) is 0. The first-order chi connectivity index (χ1) is 7.91. The summed E-state index contributed by atoms with van der Waals surface area (Å²) in [4.78, 5) is 26.7. The largest absolute Gasteiger partial charge is 0.347 e. The van der Waals surface area contributed by atoms with Crippen molar-refractivity contribution in [3.63, 3.8) is 0 Å². The van der Waals surface area contributed by atoms with Gasteiger partial charge in [0, 0.05) is 33.1 Å². The second-order valence-corrected chi connectivity index (χ2v) is 5.06. The number of carbonyl (C=O) groups excluding carboxylic acids is 2. The molecule has 1 saturated heterocycles. The lowest BCUT2D eigenvalue weighted by atomic mass is 9.92. The molecule has 0 aliphatic carbocycles. The highest BCUT2D eigenvalue weighted by Gasteiger charge is 2.27. The van der Waals surface area contributed by atoms with Gasteiger partial charge in [-0.25, -0.2) is 0 Å². The van der Waals surface area contributed by atoms with E-state index in [1.54, 1.807) is 26.0 Å². The van der Waals surface area contributed by atoms with Crippen LogP contribution in [0.3, 0.4) is 0 Å². The van der Waals surface area contributed by atoms with E-state index in [1.165, 1.54) is 4.90 Å². The molecule has 1 rings (SSSR count). The third-order valence-corrected chi connectivity index (χ3v) is 3.22. The number of amides is 2. The smallest absolute Gasteiger partial charge is 0.241 e. The molecule has 5 heteroatoms. The Morgan fingerprint density at radius 2 is 1.94 bits per heavy atom. The summed E-state index contributed by atoms with van der Waals surface area (Å²) < 4.78 is 0. The summed E-state index contributed by atoms with van der Waals surface area (Å²) >= 11 is 0. The minimum absolute atomic E-state index is 0.0390. The van der Waals surface area contributed by atoms with E-state index >= 15 is 0 Å². The van der Waals surface area contributed by atoms with Crippen LogP contribution in [-0.4, -0.2) is 61.9 Å². The van der Waals surface area contributed by atoms with E-state index in [0.717, 1.165) is 19.4 Å². The van der Waals surface area contributed by atoms with Crippen molar-refractivity contribution in [3.8, 4) is 0 Å². The topological polar surface area (TPSA) is 52.7 Å². The Balaban J connectivity index is 2.48. The van der Waals surface area contributed by atoms with E-state index in [1.807, 2.05) is 0 Å². The van der Waals surface area contributed by atoms with Gasteiger partial charge in [-0.1, -0.05) is 0 Å².